The van der Waals surface area contributed by atoms with Crippen molar-refractivity contribution in [2.75, 3.05) is 13.2 Å². The van der Waals surface area contributed by atoms with E-state index in [2.05, 4.69) is 9.46 Å². The molecule has 1 aromatic carbocycles. The zero-order chi connectivity index (χ0) is 19.2. The molecule has 0 saturated heterocycles. The van der Waals surface area contributed by atoms with Gasteiger partial charge in [-0.2, -0.15) is 0 Å². The van der Waals surface area contributed by atoms with Gasteiger partial charge in [0.05, 0.1) is 4.90 Å². The Kier molecular flexibility index (Phi) is 7.04. The molecule has 144 valence electrons. The fourth-order valence-corrected chi connectivity index (χ4v) is 4.33. The van der Waals surface area contributed by atoms with Crippen LogP contribution in [0.3, 0.4) is 0 Å². The summed E-state index contributed by atoms with van der Waals surface area (Å²) in [6, 6.07) is 7.81. The molecule has 0 unspecified atom stereocenters. The molecule has 2 aromatic rings. The number of nitrogens with one attached hydrogen (secondary N) is 1. The molecule has 0 radical (unpaired) electrons. The maximum Gasteiger partial charge on any atom is 0.573 e. The van der Waals surface area contributed by atoms with E-state index in [4.69, 9.17) is 5.11 Å². The highest BCUT2D eigenvalue weighted by Crippen LogP contribution is 2.27. The first-order valence-electron chi connectivity index (χ1n) is 7.71. The van der Waals surface area contributed by atoms with Crippen molar-refractivity contribution >= 4 is 21.4 Å². The number of ether oxygens (including phenoxy) is 1. The molecule has 0 amide bonds. The van der Waals surface area contributed by atoms with Crippen LogP contribution < -0.4 is 9.46 Å². The minimum absolute atomic E-state index is 0.00398. The molecule has 0 fully saturated rings. The number of hydrogen-bond donors (Lipinski definition) is 2. The van der Waals surface area contributed by atoms with Crippen LogP contribution in [0.1, 0.15) is 23.6 Å². The number of benzene rings is 1. The van der Waals surface area contributed by atoms with E-state index in [1.54, 1.807) is 0 Å². The van der Waals surface area contributed by atoms with Crippen molar-refractivity contribution in [3.8, 4) is 5.75 Å². The van der Waals surface area contributed by atoms with Crippen molar-refractivity contribution in [2.24, 2.45) is 0 Å². The summed E-state index contributed by atoms with van der Waals surface area (Å²) in [4.78, 5) is 0.911. The van der Waals surface area contributed by atoms with Crippen LogP contribution in [0.5, 0.6) is 5.75 Å². The topological polar surface area (TPSA) is 75.6 Å². The van der Waals surface area contributed by atoms with Gasteiger partial charge in [-0.15, -0.1) is 24.5 Å². The Morgan fingerprint density at radius 1 is 1.15 bits per heavy atom. The van der Waals surface area contributed by atoms with E-state index in [-0.39, 0.29) is 24.0 Å². The normalized spacial score (nSPS) is 13.5. The van der Waals surface area contributed by atoms with Gasteiger partial charge in [0.1, 0.15) is 5.75 Å². The highest BCUT2D eigenvalue weighted by Gasteiger charge is 2.31. The van der Waals surface area contributed by atoms with Crippen LogP contribution in [0.4, 0.5) is 13.2 Å². The third-order valence-corrected chi connectivity index (χ3v) is 6.09. The van der Waals surface area contributed by atoms with Gasteiger partial charge in [-0.05, 0) is 54.5 Å². The van der Waals surface area contributed by atoms with E-state index in [1.807, 2.05) is 17.5 Å². The van der Waals surface area contributed by atoms with Crippen molar-refractivity contribution in [1.82, 2.24) is 4.72 Å². The van der Waals surface area contributed by atoms with Crippen molar-refractivity contribution in [3.63, 3.8) is 0 Å². The summed E-state index contributed by atoms with van der Waals surface area (Å²) in [5, 5.41) is 11.1. The van der Waals surface area contributed by atoms with Gasteiger partial charge in [-0.25, -0.2) is 13.1 Å². The lowest BCUT2D eigenvalue weighted by molar-refractivity contribution is -0.274. The number of rotatable bonds is 9. The Balaban J connectivity index is 1.95. The molecule has 0 bridgehead atoms. The summed E-state index contributed by atoms with van der Waals surface area (Å²) in [6.07, 6.45) is -3.82. The van der Waals surface area contributed by atoms with Crippen LogP contribution in [0.15, 0.2) is 46.7 Å². The minimum Gasteiger partial charge on any atom is -0.406 e. The first-order valence-corrected chi connectivity index (χ1v) is 10.1. The Morgan fingerprint density at radius 3 is 2.38 bits per heavy atom. The maximum atomic E-state index is 12.2. The number of aliphatic hydroxyl groups excluding tert-OH is 1. The first-order chi connectivity index (χ1) is 12.2. The van der Waals surface area contributed by atoms with E-state index in [0.29, 0.717) is 12.8 Å². The Hall–Kier alpha value is -1.62. The van der Waals surface area contributed by atoms with Gasteiger partial charge < -0.3 is 9.84 Å². The van der Waals surface area contributed by atoms with Gasteiger partial charge in [0.25, 0.3) is 0 Å². The second kappa shape index (κ2) is 8.85. The molecule has 1 heterocycles. The molecule has 1 aromatic heterocycles. The summed E-state index contributed by atoms with van der Waals surface area (Å²) < 4.78 is 67.0. The lowest BCUT2D eigenvalue weighted by Gasteiger charge is -2.15. The predicted molar refractivity (Wildman–Crippen MR) is 91.7 cm³/mol. The van der Waals surface area contributed by atoms with Crippen LogP contribution in [0.2, 0.25) is 0 Å². The van der Waals surface area contributed by atoms with E-state index >= 15 is 0 Å². The van der Waals surface area contributed by atoms with E-state index in [1.165, 1.54) is 11.3 Å². The average molecular weight is 409 g/mol. The summed E-state index contributed by atoms with van der Waals surface area (Å²) in [5.41, 5.74) is 0. The van der Waals surface area contributed by atoms with Crippen molar-refractivity contribution in [3.05, 3.63) is 46.7 Å². The summed E-state index contributed by atoms with van der Waals surface area (Å²) >= 11 is 1.54. The Labute approximate surface area is 153 Å². The molecular weight excluding hydrogens is 391 g/mol. The second-order valence-electron chi connectivity index (χ2n) is 5.43. The van der Waals surface area contributed by atoms with Crippen molar-refractivity contribution in [1.29, 1.82) is 0 Å². The monoisotopic (exact) mass is 409 g/mol. The zero-order valence-corrected chi connectivity index (χ0v) is 15.2. The van der Waals surface area contributed by atoms with Gasteiger partial charge in [0, 0.05) is 18.0 Å². The van der Waals surface area contributed by atoms with Crippen molar-refractivity contribution in [2.45, 2.75) is 30.0 Å². The second-order valence-corrected chi connectivity index (χ2v) is 8.18. The average Bonchev–Trinajstić information content (AvgIpc) is 3.07. The molecule has 0 aliphatic carbocycles. The van der Waals surface area contributed by atoms with Gasteiger partial charge >= 0.3 is 6.36 Å². The SMILES string of the molecule is O=S(=O)(NCC[C@H](CCO)c1cccs1)c1ccc(OC(F)(F)F)cc1. The third kappa shape index (κ3) is 6.27. The zero-order valence-electron chi connectivity index (χ0n) is 13.6. The fraction of sp³-hybridized carbons (Fsp3) is 0.375. The number of aliphatic hydroxyl groups is 1. The summed E-state index contributed by atoms with van der Waals surface area (Å²) in [6.45, 7) is 0.141. The number of hydrogen-bond acceptors (Lipinski definition) is 5. The molecule has 0 aliphatic heterocycles. The molecule has 1 atom stereocenters. The molecule has 26 heavy (non-hydrogen) atoms. The molecule has 10 heteroatoms. The van der Waals surface area contributed by atoms with E-state index < -0.39 is 22.1 Å². The Bertz CT molecular complexity index is 775. The number of thiophene rings is 1. The highest BCUT2D eigenvalue weighted by atomic mass is 32.2. The summed E-state index contributed by atoms with van der Waals surface area (Å²) in [5.74, 6) is -0.456. The van der Waals surface area contributed by atoms with Crippen LogP contribution in [-0.2, 0) is 10.0 Å². The first kappa shape index (κ1) is 20.7. The van der Waals surface area contributed by atoms with Crippen LogP contribution >= 0.6 is 11.3 Å². The van der Waals surface area contributed by atoms with Crippen LogP contribution in [-0.4, -0.2) is 33.0 Å². The maximum absolute atomic E-state index is 12.2. The fourth-order valence-electron chi connectivity index (χ4n) is 2.38. The molecule has 0 saturated carbocycles. The smallest absolute Gasteiger partial charge is 0.406 e. The molecule has 0 aliphatic rings. The van der Waals surface area contributed by atoms with Gasteiger partial charge in [0.15, 0.2) is 0 Å². The molecule has 2 rings (SSSR count). The predicted octanol–water partition coefficient (Wildman–Crippen LogP) is 3.48. The third-order valence-electron chi connectivity index (χ3n) is 3.58. The minimum atomic E-state index is -4.83. The van der Waals surface area contributed by atoms with Gasteiger partial charge in [-0.3, -0.25) is 0 Å². The largest absolute Gasteiger partial charge is 0.573 e. The molecule has 5 nitrogen and oxygen atoms in total. The molecule has 0 spiro atoms. The van der Waals surface area contributed by atoms with Gasteiger partial charge in [-0.1, -0.05) is 6.07 Å². The highest BCUT2D eigenvalue weighted by molar-refractivity contribution is 7.89. The summed E-state index contributed by atoms with van der Waals surface area (Å²) in [7, 11) is -3.85. The lowest BCUT2D eigenvalue weighted by Crippen LogP contribution is -2.26. The van der Waals surface area contributed by atoms with Crippen LogP contribution in [0.25, 0.3) is 0 Å². The Morgan fingerprint density at radius 2 is 1.85 bits per heavy atom. The number of alkyl halides is 3. The van der Waals surface area contributed by atoms with E-state index in [0.717, 1.165) is 29.1 Å². The van der Waals surface area contributed by atoms with E-state index in [9.17, 15) is 21.6 Å². The number of sulfonamides is 1. The lowest BCUT2D eigenvalue weighted by atomic mass is 10.0. The number of halogens is 3. The standard InChI is InChI=1S/C16H18F3NO4S2/c17-16(18,19)24-13-3-5-14(6-4-13)26(22,23)20-9-7-12(8-10-21)15-2-1-11-25-15/h1-6,11-12,20-21H,7-10H2/t12-/m1/s1. The van der Waals surface area contributed by atoms with Crippen LogP contribution in [0, 0.1) is 0 Å². The molecule has 2 N–H and O–H groups in total. The van der Waals surface area contributed by atoms with Gasteiger partial charge in [0.2, 0.25) is 10.0 Å². The van der Waals surface area contributed by atoms with Crippen molar-refractivity contribution < 1.29 is 31.4 Å². The quantitative estimate of drug-likeness (QED) is 0.665. The molecular formula is C16H18F3NO4S2.